The van der Waals surface area contributed by atoms with Gasteiger partial charge in [0.25, 0.3) is 0 Å². The van der Waals surface area contributed by atoms with E-state index in [4.69, 9.17) is 5.73 Å². The van der Waals surface area contributed by atoms with Gasteiger partial charge >= 0.3 is 0 Å². The first-order valence-electron chi connectivity index (χ1n) is 4.94. The maximum atomic E-state index is 12.8. The third-order valence-corrected chi connectivity index (χ3v) is 2.09. The first-order valence-corrected chi connectivity index (χ1v) is 4.94. The van der Waals surface area contributed by atoms with Gasteiger partial charge in [-0.1, -0.05) is 32.9 Å². The fourth-order valence-electron chi connectivity index (χ4n) is 1.05. The minimum absolute atomic E-state index is 0.132. The Morgan fingerprint density at radius 1 is 1.40 bits per heavy atom. The van der Waals surface area contributed by atoms with Crippen LogP contribution in [0.25, 0.3) is 0 Å². The molecule has 0 fully saturated rings. The summed E-state index contributed by atoms with van der Waals surface area (Å²) in [5.74, 6) is 0.351. The quantitative estimate of drug-likeness (QED) is 0.589. The fourth-order valence-corrected chi connectivity index (χ4v) is 1.05. The van der Waals surface area contributed by atoms with E-state index in [1.165, 1.54) is 12.1 Å². The van der Waals surface area contributed by atoms with E-state index >= 15 is 0 Å². The molecule has 15 heavy (non-hydrogen) atoms. The second-order valence-corrected chi connectivity index (χ2v) is 4.58. The molecule has 0 bridgehead atoms. The van der Waals surface area contributed by atoms with Gasteiger partial charge in [0.2, 0.25) is 0 Å². The van der Waals surface area contributed by atoms with Gasteiger partial charge in [-0.3, -0.25) is 4.99 Å². The number of nitrogens with zero attached hydrogens (tertiary/aromatic N) is 1. The lowest BCUT2D eigenvalue weighted by Crippen LogP contribution is -2.28. The molecule has 0 aliphatic carbocycles. The third-order valence-electron chi connectivity index (χ3n) is 2.09. The van der Waals surface area contributed by atoms with Crippen molar-refractivity contribution in [2.45, 2.75) is 27.3 Å². The first-order chi connectivity index (χ1) is 6.89. The lowest BCUT2D eigenvalue weighted by molar-refractivity contribution is 0.581. The van der Waals surface area contributed by atoms with Crippen LogP contribution in [0, 0.1) is 11.2 Å². The molecule has 1 aromatic rings. The molecule has 1 aromatic carbocycles. The molecule has 3 heteroatoms. The van der Waals surface area contributed by atoms with E-state index in [0.717, 1.165) is 5.56 Å². The summed E-state index contributed by atoms with van der Waals surface area (Å²) in [6.07, 6.45) is 0. The minimum Gasteiger partial charge on any atom is -0.387 e. The molecule has 0 radical (unpaired) electrons. The maximum absolute atomic E-state index is 12.8. The Bertz CT molecular complexity index is 364. The summed E-state index contributed by atoms with van der Waals surface area (Å²) in [5.41, 5.74) is 6.50. The molecule has 0 aromatic heterocycles. The number of hydrogen-bond acceptors (Lipinski definition) is 1. The van der Waals surface area contributed by atoms with Crippen molar-refractivity contribution in [1.29, 1.82) is 0 Å². The molecule has 0 spiro atoms. The molecule has 0 atom stereocenters. The van der Waals surface area contributed by atoms with Crippen LogP contribution in [-0.2, 0) is 6.54 Å². The molecular weight excluding hydrogens is 191 g/mol. The van der Waals surface area contributed by atoms with Crippen LogP contribution in [-0.4, -0.2) is 5.84 Å². The highest BCUT2D eigenvalue weighted by atomic mass is 19.1. The topological polar surface area (TPSA) is 38.4 Å². The average molecular weight is 208 g/mol. The van der Waals surface area contributed by atoms with Crippen LogP contribution in [0.2, 0.25) is 0 Å². The highest BCUT2D eigenvalue weighted by molar-refractivity contribution is 5.85. The number of aliphatic imine (C=N–C) groups is 1. The zero-order valence-electron chi connectivity index (χ0n) is 9.42. The predicted molar refractivity (Wildman–Crippen MR) is 61.2 cm³/mol. The molecule has 0 saturated heterocycles. The SMILES string of the molecule is CC(C)(C)C(N)=NCc1cccc(F)c1. The molecule has 0 unspecified atom stereocenters. The van der Waals surface area contributed by atoms with Crippen LogP contribution < -0.4 is 5.73 Å². The summed E-state index contributed by atoms with van der Waals surface area (Å²) in [7, 11) is 0. The lowest BCUT2D eigenvalue weighted by Gasteiger charge is -2.17. The average Bonchev–Trinajstić information content (AvgIpc) is 2.12. The van der Waals surface area contributed by atoms with Gasteiger partial charge in [-0.05, 0) is 17.7 Å². The second kappa shape index (κ2) is 4.43. The Balaban J connectivity index is 2.72. The number of benzene rings is 1. The summed E-state index contributed by atoms with van der Waals surface area (Å²) >= 11 is 0. The molecular formula is C12H17FN2. The zero-order valence-corrected chi connectivity index (χ0v) is 9.42. The summed E-state index contributed by atoms with van der Waals surface area (Å²) in [4.78, 5) is 4.23. The van der Waals surface area contributed by atoms with E-state index < -0.39 is 0 Å². The monoisotopic (exact) mass is 208 g/mol. The van der Waals surface area contributed by atoms with Crippen LogP contribution in [0.3, 0.4) is 0 Å². The fraction of sp³-hybridized carbons (Fsp3) is 0.417. The highest BCUT2D eigenvalue weighted by Gasteiger charge is 2.14. The largest absolute Gasteiger partial charge is 0.387 e. The van der Waals surface area contributed by atoms with E-state index in [-0.39, 0.29) is 11.2 Å². The van der Waals surface area contributed by atoms with Crippen molar-refractivity contribution < 1.29 is 4.39 Å². The van der Waals surface area contributed by atoms with E-state index in [1.807, 2.05) is 26.8 Å². The molecule has 2 nitrogen and oxygen atoms in total. The molecule has 0 amide bonds. The van der Waals surface area contributed by atoms with Gasteiger partial charge < -0.3 is 5.73 Å². The summed E-state index contributed by atoms with van der Waals surface area (Å²) in [5, 5.41) is 0. The Hall–Kier alpha value is -1.38. The van der Waals surface area contributed by atoms with Crippen LogP contribution in [0.1, 0.15) is 26.3 Å². The van der Waals surface area contributed by atoms with Gasteiger partial charge in [-0.2, -0.15) is 0 Å². The molecule has 0 saturated carbocycles. The van der Waals surface area contributed by atoms with E-state index in [0.29, 0.717) is 12.4 Å². The second-order valence-electron chi connectivity index (χ2n) is 4.58. The normalized spacial score (nSPS) is 12.9. The summed E-state index contributed by atoms with van der Waals surface area (Å²) in [6.45, 7) is 6.42. The molecule has 2 N–H and O–H groups in total. The Kier molecular flexibility index (Phi) is 3.45. The van der Waals surface area contributed by atoms with Crippen LogP contribution in [0.5, 0.6) is 0 Å². The van der Waals surface area contributed by atoms with Crippen molar-refractivity contribution in [3.63, 3.8) is 0 Å². The number of halogens is 1. The van der Waals surface area contributed by atoms with Gasteiger partial charge in [-0.15, -0.1) is 0 Å². The van der Waals surface area contributed by atoms with Crippen molar-refractivity contribution in [3.8, 4) is 0 Å². The minimum atomic E-state index is -0.239. The van der Waals surface area contributed by atoms with Gasteiger partial charge in [0.05, 0.1) is 12.4 Å². The Morgan fingerprint density at radius 3 is 2.60 bits per heavy atom. The van der Waals surface area contributed by atoms with Crippen LogP contribution in [0.15, 0.2) is 29.3 Å². The van der Waals surface area contributed by atoms with Gasteiger partial charge in [-0.25, -0.2) is 4.39 Å². The number of nitrogens with two attached hydrogens (primary N) is 1. The third kappa shape index (κ3) is 3.70. The summed E-state index contributed by atoms with van der Waals surface area (Å²) in [6, 6.07) is 6.40. The van der Waals surface area contributed by atoms with Crippen LogP contribution >= 0.6 is 0 Å². The van der Waals surface area contributed by atoms with Crippen molar-refractivity contribution in [1.82, 2.24) is 0 Å². The van der Waals surface area contributed by atoms with Crippen molar-refractivity contribution in [2.75, 3.05) is 0 Å². The smallest absolute Gasteiger partial charge is 0.123 e. The van der Waals surface area contributed by atoms with Crippen molar-refractivity contribution in [3.05, 3.63) is 35.6 Å². The number of rotatable bonds is 2. The molecule has 0 aliphatic heterocycles. The zero-order chi connectivity index (χ0) is 11.5. The van der Waals surface area contributed by atoms with E-state index in [9.17, 15) is 4.39 Å². The van der Waals surface area contributed by atoms with E-state index in [1.54, 1.807) is 6.07 Å². The molecule has 0 heterocycles. The maximum Gasteiger partial charge on any atom is 0.123 e. The van der Waals surface area contributed by atoms with Gasteiger partial charge in [0.1, 0.15) is 5.82 Å². The molecule has 82 valence electrons. The highest BCUT2D eigenvalue weighted by Crippen LogP contribution is 2.13. The van der Waals surface area contributed by atoms with Gasteiger partial charge in [0.15, 0.2) is 0 Å². The van der Waals surface area contributed by atoms with Gasteiger partial charge in [0, 0.05) is 5.41 Å². The lowest BCUT2D eigenvalue weighted by atomic mass is 9.95. The van der Waals surface area contributed by atoms with Crippen molar-refractivity contribution in [2.24, 2.45) is 16.1 Å². The molecule has 0 aliphatic rings. The Morgan fingerprint density at radius 2 is 2.07 bits per heavy atom. The number of hydrogen-bond donors (Lipinski definition) is 1. The Labute approximate surface area is 90.0 Å². The summed E-state index contributed by atoms with van der Waals surface area (Å²) < 4.78 is 12.8. The predicted octanol–water partition coefficient (Wildman–Crippen LogP) is 2.73. The van der Waals surface area contributed by atoms with Crippen molar-refractivity contribution >= 4 is 5.84 Å². The van der Waals surface area contributed by atoms with E-state index in [2.05, 4.69) is 4.99 Å². The number of amidine groups is 1. The molecule has 1 rings (SSSR count). The standard InChI is InChI=1S/C12H17FN2/c1-12(2,3)11(14)15-8-9-5-4-6-10(13)7-9/h4-7H,8H2,1-3H3,(H2,14,15). The first kappa shape index (κ1) is 11.7. The van der Waals surface area contributed by atoms with Crippen LogP contribution in [0.4, 0.5) is 4.39 Å².